The van der Waals surface area contributed by atoms with E-state index in [2.05, 4.69) is 5.32 Å². The number of nitrogens with one attached hydrogen (secondary N) is 1. The zero-order chi connectivity index (χ0) is 14.3. The number of carbonyl (C=O) groups excluding carboxylic acids is 1. The van der Waals surface area contributed by atoms with E-state index in [0.29, 0.717) is 25.8 Å². The lowest BCUT2D eigenvalue weighted by molar-refractivity contribution is -0.385. The van der Waals surface area contributed by atoms with Gasteiger partial charge in [0, 0.05) is 24.1 Å². The van der Waals surface area contributed by atoms with Crippen molar-refractivity contribution in [1.29, 1.82) is 5.26 Å². The van der Waals surface area contributed by atoms with Crippen molar-refractivity contribution in [3.05, 3.63) is 38.9 Å². The summed E-state index contributed by atoms with van der Waals surface area (Å²) >= 11 is 5.73. The molecule has 1 aromatic carbocycles. The predicted octanol–water partition coefficient (Wildman–Crippen LogP) is 2.67. The Hall–Kier alpha value is -2.13. The summed E-state index contributed by atoms with van der Waals surface area (Å²) in [5, 5.41) is 22.0. The quantitative estimate of drug-likeness (QED) is 0.492. The van der Waals surface area contributed by atoms with Gasteiger partial charge in [-0.15, -0.1) is 0 Å². The lowest BCUT2D eigenvalue weighted by atomic mass is 10.1. The molecule has 0 aromatic heterocycles. The van der Waals surface area contributed by atoms with Crippen molar-refractivity contribution in [1.82, 2.24) is 5.32 Å². The minimum Gasteiger partial charge on any atom is -0.352 e. The van der Waals surface area contributed by atoms with Gasteiger partial charge >= 0.3 is 0 Å². The second-order valence-corrected chi connectivity index (χ2v) is 4.23. The smallest absolute Gasteiger partial charge is 0.282 e. The summed E-state index contributed by atoms with van der Waals surface area (Å²) in [7, 11) is 0. The normalized spacial score (nSPS) is 9.68. The van der Waals surface area contributed by atoms with Crippen LogP contribution >= 0.6 is 11.6 Å². The Balaban J connectivity index is 2.68. The van der Waals surface area contributed by atoms with Crippen molar-refractivity contribution >= 4 is 23.2 Å². The summed E-state index contributed by atoms with van der Waals surface area (Å²) < 4.78 is 0. The Morgan fingerprint density at radius 1 is 1.47 bits per heavy atom. The number of hydrogen-bond donors (Lipinski definition) is 1. The van der Waals surface area contributed by atoms with Gasteiger partial charge in [0.2, 0.25) is 0 Å². The van der Waals surface area contributed by atoms with Crippen LogP contribution in [0.3, 0.4) is 0 Å². The Morgan fingerprint density at radius 2 is 2.21 bits per heavy atom. The highest BCUT2D eigenvalue weighted by atomic mass is 35.5. The number of unbranched alkanes of at least 4 members (excludes halogenated alkanes) is 2. The van der Waals surface area contributed by atoms with Crippen molar-refractivity contribution in [3.8, 4) is 6.07 Å². The SMILES string of the molecule is N#CCCCCNC(=O)c1cc(Cl)ccc1[N+](=O)[O-]. The van der Waals surface area contributed by atoms with E-state index in [1.807, 2.05) is 6.07 Å². The largest absolute Gasteiger partial charge is 0.352 e. The number of nitro groups is 1. The van der Waals surface area contributed by atoms with Crippen LogP contribution < -0.4 is 5.32 Å². The number of hydrogen-bond acceptors (Lipinski definition) is 4. The van der Waals surface area contributed by atoms with Crippen LogP contribution in [0.2, 0.25) is 5.02 Å². The molecule has 7 heteroatoms. The molecule has 0 bridgehead atoms. The fourth-order valence-corrected chi connectivity index (χ4v) is 1.65. The van der Waals surface area contributed by atoms with Crippen LogP contribution in [-0.2, 0) is 0 Å². The van der Waals surface area contributed by atoms with Gasteiger partial charge in [0.15, 0.2) is 0 Å². The maximum Gasteiger partial charge on any atom is 0.282 e. The van der Waals surface area contributed by atoms with Gasteiger partial charge in [-0.3, -0.25) is 14.9 Å². The topological polar surface area (TPSA) is 96.0 Å². The van der Waals surface area contributed by atoms with Crippen LogP contribution in [0.25, 0.3) is 0 Å². The van der Waals surface area contributed by atoms with Crippen molar-refractivity contribution in [3.63, 3.8) is 0 Å². The van der Waals surface area contributed by atoms with E-state index in [-0.39, 0.29) is 16.3 Å². The lowest BCUT2D eigenvalue weighted by Gasteiger charge is -2.05. The standard InChI is InChI=1S/C12H12ClN3O3/c13-9-4-5-11(16(18)19)10(8-9)12(17)15-7-3-1-2-6-14/h4-5,8H,1-3,7H2,(H,15,17). The third-order valence-electron chi connectivity index (χ3n) is 2.40. The molecule has 0 spiro atoms. The number of halogens is 1. The number of nitro benzene ring substituents is 1. The van der Waals surface area contributed by atoms with Crippen LogP contribution in [0.15, 0.2) is 18.2 Å². The van der Waals surface area contributed by atoms with E-state index in [1.165, 1.54) is 18.2 Å². The summed E-state index contributed by atoms with van der Waals surface area (Å²) in [4.78, 5) is 22.0. The second kappa shape index (κ2) is 7.34. The maximum atomic E-state index is 11.8. The Bertz CT molecular complexity index is 525. The van der Waals surface area contributed by atoms with Crippen molar-refractivity contribution in [2.45, 2.75) is 19.3 Å². The molecule has 0 heterocycles. The number of amides is 1. The first-order valence-electron chi connectivity index (χ1n) is 5.65. The Labute approximate surface area is 115 Å². The van der Waals surface area contributed by atoms with Crippen molar-refractivity contribution in [2.24, 2.45) is 0 Å². The van der Waals surface area contributed by atoms with Crippen LogP contribution in [0.1, 0.15) is 29.6 Å². The van der Waals surface area contributed by atoms with E-state index >= 15 is 0 Å². The molecular weight excluding hydrogens is 270 g/mol. The van der Waals surface area contributed by atoms with Gasteiger partial charge in [-0.2, -0.15) is 5.26 Å². The molecule has 1 rings (SSSR count). The van der Waals surface area contributed by atoms with E-state index in [1.54, 1.807) is 0 Å². The Morgan fingerprint density at radius 3 is 2.84 bits per heavy atom. The fraction of sp³-hybridized carbons (Fsp3) is 0.333. The van der Waals surface area contributed by atoms with Crippen LogP contribution in [0, 0.1) is 21.4 Å². The van der Waals surface area contributed by atoms with Gasteiger partial charge in [0.05, 0.1) is 11.0 Å². The summed E-state index contributed by atoms with van der Waals surface area (Å²) in [6, 6.07) is 5.83. The van der Waals surface area contributed by atoms with E-state index in [9.17, 15) is 14.9 Å². The van der Waals surface area contributed by atoms with Gasteiger partial charge in [-0.1, -0.05) is 11.6 Å². The van der Waals surface area contributed by atoms with Crippen LogP contribution in [-0.4, -0.2) is 17.4 Å². The molecule has 19 heavy (non-hydrogen) atoms. The molecule has 1 amide bonds. The van der Waals surface area contributed by atoms with E-state index in [0.717, 1.165) is 0 Å². The summed E-state index contributed by atoms with van der Waals surface area (Å²) in [6.45, 7) is 0.365. The highest BCUT2D eigenvalue weighted by Gasteiger charge is 2.19. The molecule has 0 radical (unpaired) electrons. The molecule has 0 saturated carbocycles. The first-order valence-corrected chi connectivity index (χ1v) is 6.03. The number of nitrogens with zero attached hydrogens (tertiary/aromatic N) is 2. The highest BCUT2D eigenvalue weighted by molar-refractivity contribution is 6.31. The van der Waals surface area contributed by atoms with E-state index in [4.69, 9.17) is 16.9 Å². The average Bonchev–Trinajstić information content (AvgIpc) is 2.37. The predicted molar refractivity (Wildman–Crippen MR) is 69.9 cm³/mol. The molecule has 0 aliphatic rings. The van der Waals surface area contributed by atoms with Gasteiger partial charge in [-0.05, 0) is 25.0 Å². The number of benzene rings is 1. The minimum atomic E-state index is -0.624. The summed E-state index contributed by atoms with van der Waals surface area (Å²) in [5.41, 5.74) is -0.336. The van der Waals surface area contributed by atoms with Gasteiger partial charge < -0.3 is 5.32 Å². The molecule has 1 aromatic rings. The molecular formula is C12H12ClN3O3. The highest BCUT2D eigenvalue weighted by Crippen LogP contribution is 2.22. The van der Waals surface area contributed by atoms with Gasteiger partial charge in [0.25, 0.3) is 11.6 Å². The fourth-order valence-electron chi connectivity index (χ4n) is 1.48. The first kappa shape index (κ1) is 14.9. The molecule has 0 fully saturated rings. The third kappa shape index (κ3) is 4.56. The monoisotopic (exact) mass is 281 g/mol. The van der Waals surface area contributed by atoms with Crippen molar-refractivity contribution < 1.29 is 9.72 Å². The first-order chi connectivity index (χ1) is 9.06. The second-order valence-electron chi connectivity index (χ2n) is 3.79. The average molecular weight is 282 g/mol. The third-order valence-corrected chi connectivity index (χ3v) is 2.64. The molecule has 0 aliphatic heterocycles. The minimum absolute atomic E-state index is 0.0576. The molecule has 100 valence electrons. The Kier molecular flexibility index (Phi) is 5.76. The van der Waals surface area contributed by atoms with Gasteiger partial charge in [0.1, 0.15) is 5.56 Å². The molecule has 0 unspecified atom stereocenters. The lowest BCUT2D eigenvalue weighted by Crippen LogP contribution is -2.25. The number of carbonyl (C=O) groups is 1. The summed E-state index contributed by atoms with van der Waals surface area (Å²) in [5.74, 6) is -0.536. The number of rotatable bonds is 6. The summed E-state index contributed by atoms with van der Waals surface area (Å²) in [6.07, 6.45) is 1.75. The van der Waals surface area contributed by atoms with Crippen LogP contribution in [0.4, 0.5) is 5.69 Å². The van der Waals surface area contributed by atoms with E-state index < -0.39 is 10.8 Å². The maximum absolute atomic E-state index is 11.8. The molecule has 0 aliphatic carbocycles. The molecule has 0 saturated heterocycles. The molecule has 6 nitrogen and oxygen atoms in total. The molecule has 0 atom stereocenters. The number of nitriles is 1. The van der Waals surface area contributed by atoms with Gasteiger partial charge in [-0.25, -0.2) is 0 Å². The molecule has 1 N–H and O–H groups in total. The zero-order valence-electron chi connectivity index (χ0n) is 10.1. The van der Waals surface area contributed by atoms with Crippen LogP contribution in [0.5, 0.6) is 0 Å². The van der Waals surface area contributed by atoms with Crippen molar-refractivity contribution in [2.75, 3.05) is 6.54 Å². The zero-order valence-corrected chi connectivity index (χ0v) is 10.8.